The summed E-state index contributed by atoms with van der Waals surface area (Å²) in [5.74, 6) is 0.917. The maximum Gasteiger partial charge on any atom is 0.0735 e. The van der Waals surface area contributed by atoms with Crippen LogP contribution in [0.15, 0.2) is 15.9 Å². The van der Waals surface area contributed by atoms with Gasteiger partial charge in [-0.3, -0.25) is 0 Å². The number of ether oxygens (including phenoxy) is 1. The minimum absolute atomic E-state index is 0.0613. The molecule has 0 aromatic carbocycles. The Bertz CT molecular complexity index is 368. The largest absolute Gasteiger partial charge is 0.375 e. The summed E-state index contributed by atoms with van der Waals surface area (Å²) in [5.41, 5.74) is 0. The lowest BCUT2D eigenvalue weighted by Crippen LogP contribution is -2.21. The van der Waals surface area contributed by atoms with Crippen LogP contribution in [-0.4, -0.2) is 12.2 Å². The zero-order valence-corrected chi connectivity index (χ0v) is 12.8. The zero-order valence-electron chi connectivity index (χ0n) is 9.61. The summed E-state index contributed by atoms with van der Waals surface area (Å²) in [6.07, 6.45) is 0.554. The van der Waals surface area contributed by atoms with Gasteiger partial charge in [-0.2, -0.15) is 0 Å². The molecule has 0 amide bonds. The summed E-state index contributed by atoms with van der Waals surface area (Å²) >= 11 is 11.8. The van der Waals surface area contributed by atoms with E-state index in [1.807, 2.05) is 0 Å². The highest BCUT2D eigenvalue weighted by atomic mass is 79.9. The molecule has 16 heavy (non-hydrogen) atoms. The summed E-state index contributed by atoms with van der Waals surface area (Å²) in [4.78, 5) is 1.23. The van der Waals surface area contributed by atoms with Crippen molar-refractivity contribution in [2.24, 2.45) is 11.8 Å². The van der Waals surface area contributed by atoms with Crippen LogP contribution in [0.3, 0.4) is 0 Å². The first kappa shape index (κ1) is 12.9. The molecule has 1 fully saturated rings. The van der Waals surface area contributed by atoms with Crippen LogP contribution in [0, 0.1) is 11.8 Å². The Hall–Kier alpha value is 0.430. The van der Waals surface area contributed by atoms with E-state index < -0.39 is 0 Å². The second-order valence-electron chi connectivity index (χ2n) is 4.53. The third-order valence-corrected chi connectivity index (χ3v) is 5.88. The Balaban J connectivity index is 2.18. The minimum Gasteiger partial charge on any atom is -0.375 e. The summed E-state index contributed by atoms with van der Waals surface area (Å²) in [6, 6.07) is 4.17. The monoisotopic (exact) mass is 322 g/mol. The van der Waals surface area contributed by atoms with Crippen LogP contribution in [0.4, 0.5) is 0 Å². The minimum atomic E-state index is 0.0613. The van der Waals surface area contributed by atoms with Crippen molar-refractivity contribution in [2.45, 2.75) is 38.4 Å². The lowest BCUT2D eigenvalue weighted by atomic mass is 9.86. The maximum absolute atomic E-state index is 6.59. The van der Waals surface area contributed by atoms with Crippen LogP contribution in [0.1, 0.15) is 31.0 Å². The molecular weight excluding hydrogens is 308 g/mol. The standard InChI is InChI=1S/C12H16BrClOS/c1-6-7(2)15-8(3)11(6)12(14)9-4-5-10(13)16-9/h4-8,11-12H,1-3H3. The van der Waals surface area contributed by atoms with Gasteiger partial charge in [-0.1, -0.05) is 6.92 Å². The van der Waals surface area contributed by atoms with Gasteiger partial charge in [0, 0.05) is 10.8 Å². The first-order valence-corrected chi connectivity index (χ1v) is 7.60. The van der Waals surface area contributed by atoms with E-state index in [-0.39, 0.29) is 11.5 Å². The Morgan fingerprint density at radius 1 is 1.31 bits per heavy atom. The molecule has 5 atom stereocenters. The first-order chi connectivity index (χ1) is 7.50. The second-order valence-corrected chi connectivity index (χ2v) is 7.49. The molecule has 1 aliphatic rings. The van der Waals surface area contributed by atoms with E-state index in [4.69, 9.17) is 16.3 Å². The molecule has 0 N–H and O–H groups in total. The Morgan fingerprint density at radius 3 is 2.44 bits per heavy atom. The van der Waals surface area contributed by atoms with Crippen LogP contribution < -0.4 is 0 Å². The topological polar surface area (TPSA) is 9.23 Å². The highest BCUT2D eigenvalue weighted by Crippen LogP contribution is 2.46. The van der Waals surface area contributed by atoms with Gasteiger partial charge in [-0.25, -0.2) is 0 Å². The highest BCUT2D eigenvalue weighted by molar-refractivity contribution is 9.11. The van der Waals surface area contributed by atoms with Gasteiger partial charge in [-0.15, -0.1) is 22.9 Å². The van der Waals surface area contributed by atoms with Gasteiger partial charge in [0.1, 0.15) is 0 Å². The van der Waals surface area contributed by atoms with Crippen LogP contribution in [-0.2, 0) is 4.74 Å². The number of alkyl halides is 1. The van der Waals surface area contributed by atoms with Crippen molar-refractivity contribution < 1.29 is 4.74 Å². The van der Waals surface area contributed by atoms with Crippen molar-refractivity contribution in [3.05, 3.63) is 20.8 Å². The fourth-order valence-electron chi connectivity index (χ4n) is 2.46. The normalized spacial score (nSPS) is 36.6. The lowest BCUT2D eigenvalue weighted by Gasteiger charge is -2.23. The van der Waals surface area contributed by atoms with Crippen LogP contribution >= 0.6 is 38.9 Å². The Morgan fingerprint density at radius 2 is 2.00 bits per heavy atom. The fraction of sp³-hybridized carbons (Fsp3) is 0.667. The predicted molar refractivity (Wildman–Crippen MR) is 73.3 cm³/mol. The van der Waals surface area contributed by atoms with Gasteiger partial charge in [0.25, 0.3) is 0 Å². The van der Waals surface area contributed by atoms with E-state index >= 15 is 0 Å². The van der Waals surface area contributed by atoms with Crippen LogP contribution in [0.2, 0.25) is 0 Å². The number of hydrogen-bond donors (Lipinski definition) is 0. The molecule has 1 aromatic heterocycles. The molecule has 2 rings (SSSR count). The molecular formula is C12H16BrClOS. The van der Waals surface area contributed by atoms with Gasteiger partial charge in [0.05, 0.1) is 21.4 Å². The van der Waals surface area contributed by atoms with Crippen molar-refractivity contribution in [2.75, 3.05) is 0 Å². The molecule has 0 saturated carbocycles. The maximum atomic E-state index is 6.59. The van der Waals surface area contributed by atoms with Crippen molar-refractivity contribution in [3.8, 4) is 0 Å². The third-order valence-electron chi connectivity index (χ3n) is 3.52. The van der Waals surface area contributed by atoms with E-state index in [9.17, 15) is 0 Å². The van der Waals surface area contributed by atoms with E-state index in [1.54, 1.807) is 11.3 Å². The van der Waals surface area contributed by atoms with Crippen molar-refractivity contribution in [1.29, 1.82) is 0 Å². The molecule has 1 nitrogen and oxygen atoms in total. The molecule has 1 aromatic rings. The molecule has 0 aliphatic carbocycles. The first-order valence-electron chi connectivity index (χ1n) is 5.55. The van der Waals surface area contributed by atoms with Gasteiger partial charge in [0.2, 0.25) is 0 Å². The summed E-state index contributed by atoms with van der Waals surface area (Å²) in [7, 11) is 0. The molecule has 5 unspecified atom stereocenters. The molecule has 1 saturated heterocycles. The molecule has 0 bridgehead atoms. The third kappa shape index (κ3) is 2.33. The van der Waals surface area contributed by atoms with Crippen molar-refractivity contribution in [3.63, 3.8) is 0 Å². The van der Waals surface area contributed by atoms with Gasteiger partial charge in [-0.05, 0) is 47.8 Å². The molecule has 1 aliphatic heterocycles. The average Bonchev–Trinajstić information content (AvgIpc) is 2.73. The van der Waals surface area contributed by atoms with Gasteiger partial charge < -0.3 is 4.74 Å². The van der Waals surface area contributed by atoms with Crippen molar-refractivity contribution >= 4 is 38.9 Å². The summed E-state index contributed by atoms with van der Waals surface area (Å²) in [6.45, 7) is 6.49. The molecule has 2 heterocycles. The predicted octanol–water partition coefficient (Wildman–Crippen LogP) is 4.85. The number of halogens is 2. The van der Waals surface area contributed by atoms with Gasteiger partial charge >= 0.3 is 0 Å². The SMILES string of the molecule is CC1OC(C)C(C(Cl)c2ccc(Br)s2)C1C. The Kier molecular flexibility index (Phi) is 4.00. The molecule has 90 valence electrons. The van der Waals surface area contributed by atoms with Gasteiger partial charge in [0.15, 0.2) is 0 Å². The zero-order chi connectivity index (χ0) is 11.9. The number of rotatable bonds is 2. The van der Waals surface area contributed by atoms with E-state index in [1.165, 1.54) is 4.88 Å². The van der Waals surface area contributed by atoms with E-state index in [2.05, 4.69) is 48.8 Å². The highest BCUT2D eigenvalue weighted by Gasteiger charge is 2.41. The smallest absolute Gasteiger partial charge is 0.0735 e. The average molecular weight is 324 g/mol. The second kappa shape index (κ2) is 4.97. The molecule has 4 heteroatoms. The summed E-state index contributed by atoms with van der Waals surface area (Å²) in [5, 5.41) is 0.0613. The number of thiophene rings is 1. The summed E-state index contributed by atoms with van der Waals surface area (Å²) < 4.78 is 6.98. The van der Waals surface area contributed by atoms with Crippen LogP contribution in [0.5, 0.6) is 0 Å². The quantitative estimate of drug-likeness (QED) is 0.707. The van der Waals surface area contributed by atoms with E-state index in [0.29, 0.717) is 17.9 Å². The van der Waals surface area contributed by atoms with Crippen molar-refractivity contribution in [1.82, 2.24) is 0 Å². The van der Waals surface area contributed by atoms with Crippen LogP contribution in [0.25, 0.3) is 0 Å². The van der Waals surface area contributed by atoms with E-state index in [0.717, 1.165) is 3.79 Å². The fourth-order valence-corrected chi connectivity index (χ4v) is 4.56. The Labute approximate surface area is 114 Å². The molecule has 0 spiro atoms. The lowest BCUT2D eigenvalue weighted by molar-refractivity contribution is 0.0508. The number of hydrogen-bond acceptors (Lipinski definition) is 2. The molecule has 0 radical (unpaired) electrons.